The summed E-state index contributed by atoms with van der Waals surface area (Å²) in [7, 11) is -3.71. The molecule has 140 valence electrons. The number of rotatable bonds is 5. The zero-order chi connectivity index (χ0) is 18.7. The van der Waals surface area contributed by atoms with Crippen molar-refractivity contribution in [3.63, 3.8) is 0 Å². The van der Waals surface area contributed by atoms with Gasteiger partial charge in [0.1, 0.15) is 0 Å². The van der Waals surface area contributed by atoms with Gasteiger partial charge in [-0.15, -0.1) is 10.2 Å². The first-order valence-corrected chi connectivity index (χ1v) is 9.46. The van der Waals surface area contributed by atoms with Crippen molar-refractivity contribution in [1.29, 1.82) is 0 Å². The summed E-state index contributed by atoms with van der Waals surface area (Å²) in [5, 5.41) is 7.38. The number of benzene rings is 1. The van der Waals surface area contributed by atoms with Crippen LogP contribution in [-0.2, 0) is 26.1 Å². The molecular weight excluding hydrogens is 362 g/mol. The Morgan fingerprint density at radius 2 is 1.96 bits per heavy atom. The molecule has 1 fully saturated rings. The molecule has 2 aromatic rings. The second-order valence-corrected chi connectivity index (χ2v) is 7.69. The Morgan fingerprint density at radius 3 is 2.62 bits per heavy atom. The third-order valence-corrected chi connectivity index (χ3v) is 5.95. The number of carbonyl (C=O) groups is 1. The number of ether oxygens (including phenoxy) is 2. The summed E-state index contributed by atoms with van der Waals surface area (Å²) >= 11 is 0. The number of aromatic nitrogens is 2. The zero-order valence-corrected chi connectivity index (χ0v) is 15.3. The van der Waals surface area contributed by atoms with Crippen LogP contribution >= 0.6 is 0 Å². The number of nitrogens with zero attached hydrogens (tertiary/aromatic N) is 3. The van der Waals surface area contributed by atoms with Crippen LogP contribution in [0.4, 0.5) is 0 Å². The Hall–Kier alpha value is -2.30. The summed E-state index contributed by atoms with van der Waals surface area (Å²) in [4.78, 5) is 12.3. The molecule has 26 heavy (non-hydrogen) atoms. The van der Waals surface area contributed by atoms with Crippen LogP contribution in [0.2, 0.25) is 0 Å². The summed E-state index contributed by atoms with van der Waals surface area (Å²) in [6.07, 6.45) is 0. The molecular formula is C16H19N3O6S. The fourth-order valence-corrected chi connectivity index (χ4v) is 4.20. The molecule has 3 rings (SSSR count). The van der Waals surface area contributed by atoms with E-state index in [1.165, 1.54) is 16.4 Å². The number of carbonyl (C=O) groups excluding carboxylic acids is 1. The maximum Gasteiger partial charge on any atom is 0.338 e. The minimum atomic E-state index is -3.71. The Morgan fingerprint density at radius 1 is 1.23 bits per heavy atom. The molecule has 1 aromatic heterocycles. The lowest BCUT2D eigenvalue weighted by atomic mass is 10.1. The van der Waals surface area contributed by atoms with Crippen molar-refractivity contribution in [2.45, 2.75) is 25.3 Å². The van der Waals surface area contributed by atoms with Gasteiger partial charge in [0.05, 0.1) is 23.7 Å². The van der Waals surface area contributed by atoms with Crippen LogP contribution in [0.1, 0.15) is 27.7 Å². The zero-order valence-electron chi connectivity index (χ0n) is 14.5. The SMILES string of the molecule is Cc1nnc(COC(=O)c2ccc(C)c(S(=O)(=O)N3CCOCC3)c2)o1. The quantitative estimate of drug-likeness (QED) is 0.707. The highest BCUT2D eigenvalue weighted by Crippen LogP contribution is 2.23. The second-order valence-electron chi connectivity index (χ2n) is 5.79. The summed E-state index contributed by atoms with van der Waals surface area (Å²) in [5.74, 6) is -0.131. The van der Waals surface area contributed by atoms with Crippen LogP contribution in [0.5, 0.6) is 0 Å². The summed E-state index contributed by atoms with van der Waals surface area (Å²) in [6.45, 7) is 4.40. The van der Waals surface area contributed by atoms with Crippen LogP contribution < -0.4 is 0 Å². The van der Waals surface area contributed by atoms with Crippen molar-refractivity contribution in [1.82, 2.24) is 14.5 Å². The first kappa shape index (κ1) is 18.5. The lowest BCUT2D eigenvalue weighted by Crippen LogP contribution is -2.40. The van der Waals surface area contributed by atoms with Crippen molar-refractivity contribution in [2.24, 2.45) is 0 Å². The van der Waals surface area contributed by atoms with Crippen molar-refractivity contribution in [3.05, 3.63) is 41.1 Å². The third kappa shape index (κ3) is 3.92. The Labute approximate surface area is 151 Å². The predicted molar refractivity (Wildman–Crippen MR) is 88.9 cm³/mol. The molecule has 0 amide bonds. The van der Waals surface area contributed by atoms with Gasteiger partial charge in [0.25, 0.3) is 5.89 Å². The minimum absolute atomic E-state index is 0.0856. The first-order chi connectivity index (χ1) is 12.4. The molecule has 1 aliphatic rings. The highest BCUT2D eigenvalue weighted by molar-refractivity contribution is 7.89. The lowest BCUT2D eigenvalue weighted by Gasteiger charge is -2.26. The molecule has 1 aliphatic heterocycles. The Kier molecular flexibility index (Phi) is 5.35. The van der Waals surface area contributed by atoms with Crippen molar-refractivity contribution >= 4 is 16.0 Å². The third-order valence-electron chi connectivity index (χ3n) is 3.91. The van der Waals surface area contributed by atoms with Crippen molar-refractivity contribution in [2.75, 3.05) is 26.3 Å². The molecule has 0 atom stereocenters. The number of esters is 1. The van der Waals surface area contributed by atoms with Gasteiger partial charge < -0.3 is 13.9 Å². The van der Waals surface area contributed by atoms with Crippen molar-refractivity contribution in [3.8, 4) is 0 Å². The molecule has 0 bridgehead atoms. The standard InChI is InChI=1S/C16H19N3O6S/c1-11-3-4-13(16(20)24-10-15-18-17-12(2)25-15)9-14(11)26(21,22)19-5-7-23-8-6-19/h3-4,9H,5-8,10H2,1-2H3. The number of hydrogen-bond acceptors (Lipinski definition) is 8. The van der Waals surface area contributed by atoms with E-state index in [0.717, 1.165) is 0 Å². The Bertz CT molecular complexity index is 902. The highest BCUT2D eigenvalue weighted by Gasteiger charge is 2.28. The van der Waals surface area contributed by atoms with Gasteiger partial charge >= 0.3 is 5.97 Å². The maximum absolute atomic E-state index is 12.8. The number of aryl methyl sites for hydroxylation is 2. The maximum atomic E-state index is 12.8. The molecule has 2 heterocycles. The largest absolute Gasteiger partial charge is 0.452 e. The minimum Gasteiger partial charge on any atom is -0.452 e. The van der Waals surface area contributed by atoms with E-state index in [1.807, 2.05) is 0 Å². The van der Waals surface area contributed by atoms with Crippen LogP contribution in [0.25, 0.3) is 0 Å². The first-order valence-electron chi connectivity index (χ1n) is 8.02. The highest BCUT2D eigenvalue weighted by atomic mass is 32.2. The van der Waals surface area contributed by atoms with E-state index in [9.17, 15) is 13.2 Å². The lowest BCUT2D eigenvalue weighted by molar-refractivity contribution is 0.0436. The fraction of sp³-hybridized carbons (Fsp3) is 0.438. The van der Waals surface area contributed by atoms with E-state index in [4.69, 9.17) is 13.9 Å². The average molecular weight is 381 g/mol. The second kappa shape index (κ2) is 7.52. The van der Waals surface area contributed by atoms with Crippen LogP contribution in [-0.4, -0.2) is 55.2 Å². The molecule has 0 spiro atoms. The van der Waals surface area contributed by atoms with Gasteiger partial charge in [0.15, 0.2) is 6.61 Å². The molecule has 9 nitrogen and oxygen atoms in total. The topological polar surface area (TPSA) is 112 Å². The average Bonchev–Trinajstić information content (AvgIpc) is 3.06. The van der Waals surface area contributed by atoms with E-state index in [0.29, 0.717) is 24.7 Å². The monoisotopic (exact) mass is 381 g/mol. The number of morpholine rings is 1. The molecule has 1 aromatic carbocycles. The van der Waals surface area contributed by atoms with Gasteiger partial charge in [-0.1, -0.05) is 6.07 Å². The molecule has 0 aliphatic carbocycles. The van der Waals surface area contributed by atoms with Gasteiger partial charge in [-0.05, 0) is 24.6 Å². The molecule has 10 heteroatoms. The number of hydrogen-bond donors (Lipinski definition) is 0. The van der Waals surface area contributed by atoms with Crippen LogP contribution in [0, 0.1) is 13.8 Å². The molecule has 0 unspecified atom stereocenters. The molecule has 0 saturated carbocycles. The van der Waals surface area contributed by atoms with E-state index in [-0.39, 0.29) is 36.0 Å². The van der Waals surface area contributed by atoms with E-state index < -0.39 is 16.0 Å². The summed E-state index contributed by atoms with van der Waals surface area (Å²) in [6, 6.07) is 4.44. The van der Waals surface area contributed by atoms with Gasteiger partial charge in [0.2, 0.25) is 15.9 Å². The van der Waals surface area contributed by atoms with E-state index in [2.05, 4.69) is 10.2 Å². The van der Waals surface area contributed by atoms with Gasteiger partial charge in [-0.2, -0.15) is 4.31 Å². The van der Waals surface area contributed by atoms with Gasteiger partial charge in [-0.3, -0.25) is 0 Å². The molecule has 1 saturated heterocycles. The summed E-state index contributed by atoms with van der Waals surface area (Å²) < 4.78 is 42.5. The van der Waals surface area contributed by atoms with Gasteiger partial charge in [-0.25, -0.2) is 13.2 Å². The Balaban J connectivity index is 1.79. The molecule has 0 N–H and O–H groups in total. The normalized spacial score (nSPS) is 15.8. The number of sulfonamides is 1. The van der Waals surface area contributed by atoms with Crippen molar-refractivity contribution < 1.29 is 27.1 Å². The van der Waals surface area contributed by atoms with Gasteiger partial charge in [0, 0.05) is 20.0 Å². The molecule has 0 radical (unpaired) electrons. The van der Waals surface area contributed by atoms with Crippen LogP contribution in [0.15, 0.2) is 27.5 Å². The predicted octanol–water partition coefficient (Wildman–Crippen LogP) is 1.06. The smallest absolute Gasteiger partial charge is 0.338 e. The van der Waals surface area contributed by atoms with E-state index >= 15 is 0 Å². The van der Waals surface area contributed by atoms with Crippen LogP contribution in [0.3, 0.4) is 0 Å². The van der Waals surface area contributed by atoms with E-state index in [1.54, 1.807) is 19.9 Å². The fourth-order valence-electron chi connectivity index (χ4n) is 2.54. The summed E-state index contributed by atoms with van der Waals surface area (Å²) in [5.41, 5.74) is 0.694.